The van der Waals surface area contributed by atoms with Crippen LogP contribution in [-0.4, -0.2) is 60.6 Å². The molecule has 0 spiro atoms. The Labute approximate surface area is 118 Å². The first kappa shape index (κ1) is 13.8. The minimum absolute atomic E-state index is 0.463. The van der Waals surface area contributed by atoms with Crippen LogP contribution in [0.5, 0.6) is 0 Å². The largest absolute Gasteiger partial charge is 0.312 e. The van der Waals surface area contributed by atoms with Crippen molar-refractivity contribution in [2.75, 3.05) is 32.7 Å². The summed E-state index contributed by atoms with van der Waals surface area (Å²) in [6, 6.07) is 2.26. The topological polar surface area (TPSA) is 18.5 Å². The molecule has 110 valence electrons. The van der Waals surface area contributed by atoms with Crippen molar-refractivity contribution >= 4 is 0 Å². The molecule has 0 aliphatic carbocycles. The molecule has 0 radical (unpaired) electrons. The molecule has 3 aliphatic rings. The fraction of sp³-hybridized carbons (Fsp3) is 1.00. The van der Waals surface area contributed by atoms with Crippen molar-refractivity contribution in [2.24, 2.45) is 5.41 Å². The maximum atomic E-state index is 3.78. The average Bonchev–Trinajstić information content (AvgIpc) is 2.79. The quantitative estimate of drug-likeness (QED) is 0.823. The zero-order valence-corrected chi connectivity index (χ0v) is 13.0. The van der Waals surface area contributed by atoms with E-state index in [0.717, 1.165) is 12.1 Å². The molecule has 3 fully saturated rings. The van der Waals surface area contributed by atoms with Crippen LogP contribution in [0.25, 0.3) is 0 Å². The van der Waals surface area contributed by atoms with E-state index in [1.807, 2.05) is 0 Å². The highest BCUT2D eigenvalue weighted by Crippen LogP contribution is 2.32. The molecule has 19 heavy (non-hydrogen) atoms. The lowest BCUT2D eigenvalue weighted by molar-refractivity contribution is 0.0318. The smallest absolute Gasteiger partial charge is 0.0246 e. The molecule has 3 nitrogen and oxygen atoms in total. The van der Waals surface area contributed by atoms with E-state index < -0.39 is 0 Å². The van der Waals surface area contributed by atoms with Gasteiger partial charge in [0.25, 0.3) is 0 Å². The van der Waals surface area contributed by atoms with Gasteiger partial charge in [-0.25, -0.2) is 0 Å². The van der Waals surface area contributed by atoms with Gasteiger partial charge in [-0.05, 0) is 51.1 Å². The Hall–Kier alpha value is -0.120. The zero-order valence-electron chi connectivity index (χ0n) is 13.0. The Morgan fingerprint density at radius 3 is 2.84 bits per heavy atom. The van der Waals surface area contributed by atoms with Crippen LogP contribution in [0.15, 0.2) is 0 Å². The third kappa shape index (κ3) is 2.84. The second-order valence-corrected chi connectivity index (χ2v) is 7.69. The normalized spacial score (nSPS) is 40.3. The summed E-state index contributed by atoms with van der Waals surface area (Å²) in [5, 5.41) is 3.78. The predicted octanol–water partition coefficient (Wildman–Crippen LogP) is 1.93. The van der Waals surface area contributed by atoms with E-state index in [2.05, 4.69) is 35.9 Å². The van der Waals surface area contributed by atoms with Gasteiger partial charge in [-0.2, -0.15) is 0 Å². The molecule has 0 bridgehead atoms. The Bertz CT molecular complexity index is 315. The van der Waals surface area contributed by atoms with Gasteiger partial charge in [-0.15, -0.1) is 0 Å². The van der Waals surface area contributed by atoms with Crippen molar-refractivity contribution in [3.63, 3.8) is 0 Å². The molecule has 1 N–H and O–H groups in total. The van der Waals surface area contributed by atoms with Crippen LogP contribution in [0.4, 0.5) is 0 Å². The lowest BCUT2D eigenvalue weighted by Crippen LogP contribution is -2.60. The van der Waals surface area contributed by atoms with E-state index in [9.17, 15) is 0 Å². The minimum atomic E-state index is 0.463. The molecule has 0 saturated carbocycles. The number of fused-ring (bicyclic) bond motifs is 1. The Balaban J connectivity index is 1.62. The van der Waals surface area contributed by atoms with Crippen molar-refractivity contribution < 1.29 is 0 Å². The zero-order chi connectivity index (χ0) is 13.5. The van der Waals surface area contributed by atoms with Crippen LogP contribution in [0.2, 0.25) is 0 Å². The summed E-state index contributed by atoms with van der Waals surface area (Å²) in [4.78, 5) is 5.48. The van der Waals surface area contributed by atoms with Crippen LogP contribution in [0.1, 0.15) is 46.5 Å². The molecule has 3 heterocycles. The van der Waals surface area contributed by atoms with Gasteiger partial charge < -0.3 is 5.32 Å². The molecule has 0 amide bonds. The van der Waals surface area contributed by atoms with E-state index >= 15 is 0 Å². The number of nitrogens with zero attached hydrogens (tertiary/aromatic N) is 2. The summed E-state index contributed by atoms with van der Waals surface area (Å²) in [5.74, 6) is 0. The standard InChI is InChI=1S/C16H31N3/c1-13-10-18-9-4-6-14(18)11-19(13)12-15-16(2,3)7-5-8-17-15/h13-15,17H,4-12H2,1-3H3. The molecule has 3 atom stereocenters. The van der Waals surface area contributed by atoms with E-state index in [0.29, 0.717) is 11.5 Å². The lowest BCUT2D eigenvalue weighted by atomic mass is 9.77. The summed E-state index contributed by atoms with van der Waals surface area (Å²) in [5.41, 5.74) is 0.463. The van der Waals surface area contributed by atoms with Gasteiger partial charge in [0.15, 0.2) is 0 Å². The maximum Gasteiger partial charge on any atom is 0.0246 e. The lowest BCUT2D eigenvalue weighted by Gasteiger charge is -2.47. The van der Waals surface area contributed by atoms with Gasteiger partial charge >= 0.3 is 0 Å². The average molecular weight is 265 g/mol. The van der Waals surface area contributed by atoms with Gasteiger partial charge in [0.1, 0.15) is 0 Å². The van der Waals surface area contributed by atoms with Crippen LogP contribution < -0.4 is 5.32 Å². The van der Waals surface area contributed by atoms with Crippen molar-refractivity contribution in [1.82, 2.24) is 15.1 Å². The van der Waals surface area contributed by atoms with Gasteiger partial charge in [-0.1, -0.05) is 13.8 Å². The summed E-state index contributed by atoms with van der Waals surface area (Å²) in [7, 11) is 0. The van der Waals surface area contributed by atoms with Crippen molar-refractivity contribution in [3.8, 4) is 0 Å². The van der Waals surface area contributed by atoms with Crippen LogP contribution in [0, 0.1) is 5.41 Å². The van der Waals surface area contributed by atoms with E-state index in [1.165, 1.54) is 58.4 Å². The van der Waals surface area contributed by atoms with Crippen LogP contribution in [0.3, 0.4) is 0 Å². The molecule has 3 unspecified atom stereocenters. The summed E-state index contributed by atoms with van der Waals surface area (Å²) < 4.78 is 0. The highest BCUT2D eigenvalue weighted by Gasteiger charge is 2.38. The number of rotatable bonds is 2. The molecule has 3 saturated heterocycles. The SMILES string of the molecule is CC1CN2CCCC2CN1CC1NCCCC1(C)C. The van der Waals surface area contributed by atoms with Gasteiger partial charge in [0.2, 0.25) is 0 Å². The Kier molecular flexibility index (Phi) is 3.89. The predicted molar refractivity (Wildman–Crippen MR) is 80.4 cm³/mol. The molecular weight excluding hydrogens is 234 g/mol. The van der Waals surface area contributed by atoms with Crippen molar-refractivity contribution in [1.29, 1.82) is 0 Å². The molecule has 3 aliphatic heterocycles. The molecule has 3 rings (SSSR count). The second kappa shape index (κ2) is 5.34. The first-order valence-corrected chi connectivity index (χ1v) is 8.28. The molecule has 0 aromatic rings. The highest BCUT2D eigenvalue weighted by atomic mass is 15.3. The summed E-state index contributed by atoms with van der Waals surface area (Å²) >= 11 is 0. The summed E-state index contributed by atoms with van der Waals surface area (Å²) in [6.45, 7) is 13.7. The fourth-order valence-corrected chi connectivity index (χ4v) is 4.32. The second-order valence-electron chi connectivity index (χ2n) is 7.69. The van der Waals surface area contributed by atoms with Gasteiger partial charge in [0.05, 0.1) is 0 Å². The van der Waals surface area contributed by atoms with E-state index in [1.54, 1.807) is 0 Å². The minimum Gasteiger partial charge on any atom is -0.312 e. The third-order valence-electron chi connectivity index (χ3n) is 5.82. The number of hydrogen-bond donors (Lipinski definition) is 1. The van der Waals surface area contributed by atoms with Gasteiger partial charge in [-0.3, -0.25) is 9.80 Å². The van der Waals surface area contributed by atoms with Crippen molar-refractivity contribution in [2.45, 2.75) is 64.6 Å². The third-order valence-corrected chi connectivity index (χ3v) is 5.82. The molecule has 0 aromatic carbocycles. The van der Waals surface area contributed by atoms with E-state index in [-0.39, 0.29) is 0 Å². The molecular formula is C16H31N3. The maximum absolute atomic E-state index is 3.78. The fourth-order valence-electron chi connectivity index (χ4n) is 4.32. The summed E-state index contributed by atoms with van der Waals surface area (Å²) in [6.07, 6.45) is 5.56. The first-order chi connectivity index (χ1) is 9.06. The Morgan fingerprint density at radius 1 is 1.21 bits per heavy atom. The molecule has 0 aromatic heterocycles. The van der Waals surface area contributed by atoms with Crippen molar-refractivity contribution in [3.05, 3.63) is 0 Å². The molecule has 3 heteroatoms. The van der Waals surface area contributed by atoms with Crippen LogP contribution in [-0.2, 0) is 0 Å². The van der Waals surface area contributed by atoms with Gasteiger partial charge in [0, 0.05) is 37.8 Å². The highest BCUT2D eigenvalue weighted by molar-refractivity contribution is 4.95. The monoisotopic (exact) mass is 265 g/mol. The van der Waals surface area contributed by atoms with E-state index in [4.69, 9.17) is 0 Å². The first-order valence-electron chi connectivity index (χ1n) is 8.28. The van der Waals surface area contributed by atoms with Crippen LogP contribution >= 0.6 is 0 Å². The number of piperidine rings is 1. The number of hydrogen-bond acceptors (Lipinski definition) is 3. The number of piperazine rings is 1. The number of nitrogens with one attached hydrogen (secondary N) is 1. The Morgan fingerprint density at radius 2 is 2.05 bits per heavy atom.